The van der Waals surface area contributed by atoms with E-state index in [0.717, 1.165) is 40.9 Å². The van der Waals surface area contributed by atoms with Crippen molar-refractivity contribution in [2.24, 2.45) is 0 Å². The zero-order chi connectivity index (χ0) is 18.1. The van der Waals surface area contributed by atoms with Gasteiger partial charge in [0.2, 0.25) is 5.88 Å². The van der Waals surface area contributed by atoms with Crippen LogP contribution in [-0.2, 0) is 0 Å². The van der Waals surface area contributed by atoms with Crippen molar-refractivity contribution in [1.29, 1.82) is 0 Å². The Hall–Kier alpha value is -2.73. The van der Waals surface area contributed by atoms with E-state index >= 15 is 0 Å². The fourth-order valence-corrected chi connectivity index (χ4v) is 3.44. The van der Waals surface area contributed by atoms with Crippen LogP contribution in [0.15, 0.2) is 42.9 Å². The van der Waals surface area contributed by atoms with E-state index in [9.17, 15) is 0 Å². The van der Waals surface area contributed by atoms with E-state index in [1.54, 1.807) is 13.4 Å². The first-order valence-corrected chi connectivity index (χ1v) is 8.91. The number of pyridine rings is 1. The molecule has 0 radical (unpaired) electrons. The number of aromatic nitrogens is 3. The summed E-state index contributed by atoms with van der Waals surface area (Å²) in [6.45, 7) is 6.32. The summed E-state index contributed by atoms with van der Waals surface area (Å²) in [7, 11) is 1.62. The van der Waals surface area contributed by atoms with Gasteiger partial charge in [0.25, 0.3) is 0 Å². The summed E-state index contributed by atoms with van der Waals surface area (Å²) in [4.78, 5) is 15.8. The molecule has 1 N–H and O–H groups in total. The van der Waals surface area contributed by atoms with E-state index in [1.165, 1.54) is 0 Å². The van der Waals surface area contributed by atoms with Crippen molar-refractivity contribution in [3.63, 3.8) is 0 Å². The van der Waals surface area contributed by atoms with Crippen LogP contribution in [0.2, 0.25) is 0 Å². The molecule has 0 unspecified atom stereocenters. The smallest absolute Gasteiger partial charge is 0.212 e. The van der Waals surface area contributed by atoms with Crippen molar-refractivity contribution in [1.82, 2.24) is 20.3 Å². The standard InChI is InChI=1S/C20H23N5O/c1-13-11-25(14(2)9-21-13)20-17-8-15(4-6-18(17)23-12-24-20)16-5-7-19(26-3)22-10-16/h4-8,10,12-14,21H,9,11H2,1-3H3/t13-,14+/m1/s1. The van der Waals surface area contributed by atoms with Gasteiger partial charge in [-0.15, -0.1) is 0 Å². The van der Waals surface area contributed by atoms with Crippen LogP contribution < -0.4 is 15.0 Å². The number of anilines is 1. The summed E-state index contributed by atoms with van der Waals surface area (Å²) in [6.07, 6.45) is 3.49. The van der Waals surface area contributed by atoms with Crippen molar-refractivity contribution in [2.45, 2.75) is 25.9 Å². The van der Waals surface area contributed by atoms with Gasteiger partial charge in [-0.3, -0.25) is 0 Å². The number of hydrogen-bond donors (Lipinski definition) is 1. The molecule has 4 rings (SSSR count). The second-order valence-electron chi connectivity index (χ2n) is 6.83. The molecule has 2 atom stereocenters. The zero-order valence-corrected chi connectivity index (χ0v) is 15.3. The fourth-order valence-electron chi connectivity index (χ4n) is 3.44. The highest BCUT2D eigenvalue weighted by atomic mass is 16.5. The topological polar surface area (TPSA) is 63.2 Å². The number of nitrogens with zero attached hydrogens (tertiary/aromatic N) is 4. The van der Waals surface area contributed by atoms with Crippen LogP contribution in [0.1, 0.15) is 13.8 Å². The van der Waals surface area contributed by atoms with Crippen LogP contribution >= 0.6 is 0 Å². The highest BCUT2D eigenvalue weighted by Crippen LogP contribution is 2.30. The number of methoxy groups -OCH3 is 1. The van der Waals surface area contributed by atoms with Crippen LogP contribution in [0.25, 0.3) is 22.0 Å². The molecule has 0 spiro atoms. The summed E-state index contributed by atoms with van der Waals surface area (Å²) in [5.74, 6) is 1.61. The van der Waals surface area contributed by atoms with E-state index < -0.39 is 0 Å². The molecule has 1 aliphatic heterocycles. The first-order valence-electron chi connectivity index (χ1n) is 8.91. The number of ether oxygens (including phenoxy) is 1. The van der Waals surface area contributed by atoms with Gasteiger partial charge >= 0.3 is 0 Å². The number of hydrogen-bond acceptors (Lipinski definition) is 6. The van der Waals surface area contributed by atoms with E-state index in [-0.39, 0.29) is 0 Å². The number of piperazine rings is 1. The molecular weight excluding hydrogens is 326 g/mol. The zero-order valence-electron chi connectivity index (χ0n) is 15.3. The van der Waals surface area contributed by atoms with Crippen molar-refractivity contribution < 1.29 is 4.74 Å². The maximum absolute atomic E-state index is 5.15. The lowest BCUT2D eigenvalue weighted by molar-refractivity contribution is 0.398. The Morgan fingerprint density at radius 1 is 1.08 bits per heavy atom. The van der Waals surface area contributed by atoms with Gasteiger partial charge in [-0.05, 0) is 37.6 Å². The molecule has 6 nitrogen and oxygen atoms in total. The van der Waals surface area contributed by atoms with E-state index in [0.29, 0.717) is 18.0 Å². The predicted octanol–water partition coefficient (Wildman–Crippen LogP) is 2.89. The molecular formula is C20H23N5O. The summed E-state index contributed by atoms with van der Waals surface area (Å²) in [6, 6.07) is 11.0. The maximum atomic E-state index is 5.15. The van der Waals surface area contributed by atoms with Crippen molar-refractivity contribution in [2.75, 3.05) is 25.1 Å². The Kier molecular flexibility index (Phi) is 4.42. The molecule has 3 aromatic rings. The van der Waals surface area contributed by atoms with Gasteiger partial charge in [0.15, 0.2) is 0 Å². The third kappa shape index (κ3) is 3.08. The Balaban J connectivity index is 1.79. The molecule has 2 aromatic heterocycles. The van der Waals surface area contributed by atoms with Crippen LogP contribution in [0, 0.1) is 0 Å². The Morgan fingerprint density at radius 2 is 1.92 bits per heavy atom. The van der Waals surface area contributed by atoms with Crippen LogP contribution in [0.3, 0.4) is 0 Å². The molecule has 26 heavy (non-hydrogen) atoms. The number of benzene rings is 1. The number of fused-ring (bicyclic) bond motifs is 1. The molecule has 1 aromatic carbocycles. The van der Waals surface area contributed by atoms with Crippen molar-refractivity contribution in [3.8, 4) is 17.0 Å². The third-order valence-electron chi connectivity index (χ3n) is 4.93. The van der Waals surface area contributed by atoms with Gasteiger partial charge in [-0.25, -0.2) is 15.0 Å². The summed E-state index contributed by atoms with van der Waals surface area (Å²) < 4.78 is 5.15. The van der Waals surface area contributed by atoms with Gasteiger partial charge in [0, 0.05) is 48.4 Å². The Morgan fingerprint density at radius 3 is 2.69 bits per heavy atom. The highest BCUT2D eigenvalue weighted by molar-refractivity contribution is 5.93. The minimum atomic E-state index is 0.385. The van der Waals surface area contributed by atoms with E-state index in [4.69, 9.17) is 4.74 Å². The first kappa shape index (κ1) is 16.7. The summed E-state index contributed by atoms with van der Waals surface area (Å²) in [5.41, 5.74) is 3.10. The predicted molar refractivity (Wildman–Crippen MR) is 104 cm³/mol. The highest BCUT2D eigenvalue weighted by Gasteiger charge is 2.25. The second kappa shape index (κ2) is 6.88. The van der Waals surface area contributed by atoms with Gasteiger partial charge in [-0.1, -0.05) is 6.07 Å². The molecule has 0 aliphatic carbocycles. The average molecular weight is 349 g/mol. The third-order valence-corrected chi connectivity index (χ3v) is 4.93. The minimum absolute atomic E-state index is 0.385. The maximum Gasteiger partial charge on any atom is 0.212 e. The molecule has 0 saturated carbocycles. The normalized spacial score (nSPS) is 20.3. The number of rotatable bonds is 3. The fraction of sp³-hybridized carbons (Fsp3) is 0.350. The molecule has 134 valence electrons. The van der Waals surface area contributed by atoms with Gasteiger partial charge in [0.05, 0.1) is 12.6 Å². The largest absolute Gasteiger partial charge is 0.481 e. The molecule has 0 amide bonds. The monoisotopic (exact) mass is 349 g/mol. The van der Waals surface area contributed by atoms with Crippen LogP contribution in [-0.4, -0.2) is 47.2 Å². The van der Waals surface area contributed by atoms with Gasteiger partial charge in [-0.2, -0.15) is 0 Å². The van der Waals surface area contributed by atoms with Crippen LogP contribution in [0.4, 0.5) is 5.82 Å². The molecule has 0 bridgehead atoms. The van der Waals surface area contributed by atoms with Gasteiger partial charge in [0.1, 0.15) is 12.1 Å². The lowest BCUT2D eigenvalue weighted by Crippen LogP contribution is -2.54. The van der Waals surface area contributed by atoms with Crippen molar-refractivity contribution >= 4 is 16.7 Å². The second-order valence-corrected chi connectivity index (χ2v) is 6.83. The van der Waals surface area contributed by atoms with Gasteiger partial charge < -0.3 is 15.0 Å². The molecule has 1 saturated heterocycles. The first-order chi connectivity index (χ1) is 12.7. The van der Waals surface area contributed by atoms with Crippen LogP contribution in [0.5, 0.6) is 5.88 Å². The number of nitrogens with one attached hydrogen (secondary N) is 1. The summed E-state index contributed by atoms with van der Waals surface area (Å²) >= 11 is 0. The SMILES string of the molecule is COc1ccc(-c2ccc3ncnc(N4C[C@@H](C)NC[C@@H]4C)c3c2)cn1. The Bertz CT molecular complexity index is 912. The molecule has 1 aliphatic rings. The summed E-state index contributed by atoms with van der Waals surface area (Å²) in [5, 5.41) is 4.59. The lowest BCUT2D eigenvalue weighted by Gasteiger charge is -2.38. The quantitative estimate of drug-likeness (QED) is 0.784. The Labute approximate surface area is 153 Å². The average Bonchev–Trinajstić information content (AvgIpc) is 2.69. The molecule has 3 heterocycles. The molecule has 1 fully saturated rings. The van der Waals surface area contributed by atoms with Crippen molar-refractivity contribution in [3.05, 3.63) is 42.9 Å². The minimum Gasteiger partial charge on any atom is -0.481 e. The molecule has 6 heteroatoms. The van der Waals surface area contributed by atoms with E-state index in [1.807, 2.05) is 18.3 Å². The lowest BCUT2D eigenvalue weighted by atomic mass is 10.0. The van der Waals surface area contributed by atoms with E-state index in [2.05, 4.69) is 57.2 Å².